The summed E-state index contributed by atoms with van der Waals surface area (Å²) in [7, 11) is -16.4. The number of hydrogen-bond donors (Lipinski definition) is 5. The van der Waals surface area contributed by atoms with E-state index in [1.807, 2.05) is 0 Å². The number of rotatable bonds is 8. The number of ether oxygens (including phenoxy) is 1. The Bertz CT molecular complexity index is 1010. The number of phosphoric ester groups is 1. The second kappa shape index (κ2) is 8.66. The Morgan fingerprint density at radius 1 is 1.17 bits per heavy atom. The maximum Gasteiger partial charge on any atom is 0.490 e. The van der Waals surface area contributed by atoms with Gasteiger partial charge in [0.1, 0.15) is 6.23 Å². The highest BCUT2D eigenvalue weighted by molar-refractivity contribution is 7.66. The van der Waals surface area contributed by atoms with Gasteiger partial charge in [-0.2, -0.15) is 8.62 Å². The molecular weight excluding hydrogens is 461 g/mol. The van der Waals surface area contributed by atoms with Crippen molar-refractivity contribution in [3.8, 4) is 0 Å². The zero-order valence-electron chi connectivity index (χ0n) is 15.0. The summed E-state index contributed by atoms with van der Waals surface area (Å²) in [5.74, 6) is -0.285. The second-order valence-corrected chi connectivity index (χ2v) is 10.6. The predicted octanol–water partition coefficient (Wildman–Crippen LogP) is 0.112. The Morgan fingerprint density at radius 3 is 2.38 bits per heavy atom. The van der Waals surface area contributed by atoms with Crippen LogP contribution in [-0.2, 0) is 31.6 Å². The summed E-state index contributed by atoms with van der Waals surface area (Å²) in [5, 5.41) is 0. The molecule has 18 heteroatoms. The number of nitrogens with one attached hydrogen (secondary N) is 1. The van der Waals surface area contributed by atoms with Gasteiger partial charge >= 0.3 is 29.2 Å². The summed E-state index contributed by atoms with van der Waals surface area (Å²) in [6.07, 6.45) is -0.135. The molecule has 0 amide bonds. The Balaban J connectivity index is 2.02. The predicted molar refractivity (Wildman–Crippen MR) is 93.6 cm³/mol. The van der Waals surface area contributed by atoms with E-state index in [2.05, 4.69) is 18.1 Å². The fourth-order valence-electron chi connectivity index (χ4n) is 2.62. The lowest BCUT2D eigenvalue weighted by atomic mass is 10.1. The first kappa shape index (κ1) is 24.3. The van der Waals surface area contributed by atoms with E-state index in [4.69, 9.17) is 19.4 Å². The first-order valence-electron chi connectivity index (χ1n) is 7.84. The van der Waals surface area contributed by atoms with Crippen molar-refractivity contribution in [2.24, 2.45) is 5.92 Å². The van der Waals surface area contributed by atoms with Crippen LogP contribution in [0.25, 0.3) is 0 Å². The summed E-state index contributed by atoms with van der Waals surface area (Å²) in [6, 6.07) is 0. The van der Waals surface area contributed by atoms with Crippen molar-refractivity contribution < 1.29 is 51.2 Å². The molecule has 1 fully saturated rings. The van der Waals surface area contributed by atoms with Crippen molar-refractivity contribution in [1.82, 2.24) is 9.55 Å². The number of phosphoric acid groups is 3. The summed E-state index contributed by atoms with van der Waals surface area (Å²) >= 11 is 0. The van der Waals surface area contributed by atoms with E-state index < -0.39 is 53.7 Å². The van der Waals surface area contributed by atoms with E-state index in [1.54, 1.807) is 6.92 Å². The molecule has 0 bridgehead atoms. The van der Waals surface area contributed by atoms with Crippen LogP contribution in [0.1, 0.15) is 25.1 Å². The quantitative estimate of drug-likeness (QED) is 0.312. The van der Waals surface area contributed by atoms with Crippen molar-refractivity contribution >= 4 is 23.5 Å². The van der Waals surface area contributed by atoms with Crippen molar-refractivity contribution in [2.75, 3.05) is 6.61 Å². The first-order valence-corrected chi connectivity index (χ1v) is 12.4. The Kier molecular flexibility index (Phi) is 7.26. The van der Waals surface area contributed by atoms with Crippen LogP contribution in [-0.4, -0.2) is 41.8 Å². The molecule has 1 aliphatic rings. The minimum Gasteiger partial charge on any atom is -0.352 e. The van der Waals surface area contributed by atoms with E-state index in [9.17, 15) is 28.2 Å². The van der Waals surface area contributed by atoms with Crippen LogP contribution < -0.4 is 11.2 Å². The molecule has 1 aromatic rings. The lowest BCUT2D eigenvalue weighted by molar-refractivity contribution is -0.0332. The summed E-state index contributed by atoms with van der Waals surface area (Å²) in [6.45, 7) is 2.57. The van der Waals surface area contributed by atoms with Gasteiger partial charge < -0.3 is 24.3 Å². The standard InChI is InChI=1S/C11H19N2O13P3/c1-6-3-8(24-10(6)13-4-7(2)9(14)12-11(13)15)5-23-28(19,20)26-29(21,22)25-27(16,17)18/h4,6,8,10H,3,5H2,1-2H3,(H,19,20)(H,21,22)(H,12,14,15)(H2,16,17,18). The zero-order chi connectivity index (χ0) is 22.2. The molecular formula is C11H19N2O13P3. The average Bonchev–Trinajstić information content (AvgIpc) is 2.86. The van der Waals surface area contributed by atoms with Gasteiger partial charge in [0, 0.05) is 17.7 Å². The number of aryl methyl sites for hydroxylation is 1. The first-order chi connectivity index (χ1) is 13.1. The topological polar surface area (TPSA) is 224 Å². The molecule has 2 heterocycles. The third kappa shape index (κ3) is 7.06. The smallest absolute Gasteiger partial charge is 0.352 e. The monoisotopic (exact) mass is 480 g/mol. The van der Waals surface area contributed by atoms with E-state index in [-0.39, 0.29) is 17.9 Å². The van der Waals surface area contributed by atoms with Crippen LogP contribution in [0, 0.1) is 12.8 Å². The molecule has 29 heavy (non-hydrogen) atoms. The molecule has 5 unspecified atom stereocenters. The lowest BCUT2D eigenvalue weighted by Crippen LogP contribution is -2.34. The molecule has 166 valence electrons. The average molecular weight is 480 g/mol. The molecule has 1 aromatic heterocycles. The van der Waals surface area contributed by atoms with E-state index in [1.165, 1.54) is 13.1 Å². The Hall–Kier alpha value is -0.950. The van der Waals surface area contributed by atoms with Gasteiger partial charge in [0.2, 0.25) is 0 Å². The van der Waals surface area contributed by atoms with Crippen LogP contribution in [0.2, 0.25) is 0 Å². The molecule has 5 atom stereocenters. The molecule has 2 rings (SSSR count). The van der Waals surface area contributed by atoms with Gasteiger partial charge in [-0.25, -0.2) is 18.5 Å². The minimum absolute atomic E-state index is 0.241. The van der Waals surface area contributed by atoms with Gasteiger partial charge in [-0.3, -0.25) is 18.9 Å². The van der Waals surface area contributed by atoms with Crippen LogP contribution in [0.15, 0.2) is 15.8 Å². The summed E-state index contributed by atoms with van der Waals surface area (Å²) in [5.41, 5.74) is -1.01. The zero-order valence-corrected chi connectivity index (χ0v) is 17.7. The number of H-pyrrole nitrogens is 1. The van der Waals surface area contributed by atoms with E-state index >= 15 is 0 Å². The number of hydrogen-bond acceptors (Lipinski definition) is 9. The van der Waals surface area contributed by atoms with Crippen molar-refractivity contribution in [2.45, 2.75) is 32.6 Å². The van der Waals surface area contributed by atoms with Gasteiger partial charge in [0.05, 0.1) is 12.7 Å². The summed E-state index contributed by atoms with van der Waals surface area (Å²) < 4.78 is 52.1. The molecule has 0 spiro atoms. The largest absolute Gasteiger partial charge is 0.490 e. The van der Waals surface area contributed by atoms with Gasteiger partial charge in [-0.1, -0.05) is 6.92 Å². The highest BCUT2D eigenvalue weighted by atomic mass is 31.3. The normalized spacial score (nSPS) is 26.8. The van der Waals surface area contributed by atoms with Crippen LogP contribution >= 0.6 is 23.5 Å². The minimum atomic E-state index is -5.61. The van der Waals surface area contributed by atoms with E-state index in [0.717, 1.165) is 4.57 Å². The maximum absolute atomic E-state index is 12.0. The van der Waals surface area contributed by atoms with Crippen LogP contribution in [0.3, 0.4) is 0 Å². The molecule has 1 aliphatic heterocycles. The van der Waals surface area contributed by atoms with Crippen molar-refractivity contribution in [3.63, 3.8) is 0 Å². The molecule has 0 aliphatic carbocycles. The second-order valence-electron chi connectivity index (χ2n) is 6.23. The van der Waals surface area contributed by atoms with Gasteiger partial charge in [-0.15, -0.1) is 0 Å². The van der Waals surface area contributed by atoms with Gasteiger partial charge in [0.15, 0.2) is 0 Å². The fraction of sp³-hybridized carbons (Fsp3) is 0.636. The lowest BCUT2D eigenvalue weighted by Gasteiger charge is -2.19. The number of aromatic amines is 1. The molecule has 5 N–H and O–H groups in total. The number of nitrogens with zero attached hydrogens (tertiary/aromatic N) is 1. The van der Waals surface area contributed by atoms with Crippen LogP contribution in [0.4, 0.5) is 0 Å². The highest BCUT2D eigenvalue weighted by Gasteiger charge is 2.42. The number of aromatic nitrogens is 2. The summed E-state index contributed by atoms with van der Waals surface area (Å²) in [4.78, 5) is 61.1. The fourth-order valence-corrected chi connectivity index (χ4v) is 5.67. The molecule has 0 saturated carbocycles. The van der Waals surface area contributed by atoms with Gasteiger partial charge in [0.25, 0.3) is 5.56 Å². The molecule has 0 radical (unpaired) electrons. The Labute approximate surface area is 162 Å². The van der Waals surface area contributed by atoms with Crippen molar-refractivity contribution in [3.05, 3.63) is 32.6 Å². The molecule has 15 nitrogen and oxygen atoms in total. The third-order valence-electron chi connectivity index (χ3n) is 3.71. The van der Waals surface area contributed by atoms with Gasteiger partial charge in [-0.05, 0) is 13.3 Å². The molecule has 0 aromatic carbocycles. The van der Waals surface area contributed by atoms with E-state index in [0.29, 0.717) is 0 Å². The Morgan fingerprint density at radius 2 is 1.79 bits per heavy atom. The SMILES string of the molecule is Cc1cn(C2OC(COP(=O)(O)OP(=O)(O)OP(=O)(O)O)CC2C)c(=O)[nH]c1=O. The van der Waals surface area contributed by atoms with Crippen LogP contribution in [0.5, 0.6) is 0 Å². The third-order valence-corrected chi connectivity index (χ3v) is 7.52. The molecule has 1 saturated heterocycles. The van der Waals surface area contributed by atoms with Crippen molar-refractivity contribution in [1.29, 1.82) is 0 Å². The highest BCUT2D eigenvalue weighted by Crippen LogP contribution is 2.66. The maximum atomic E-state index is 12.0.